The number of likely N-dealkylation sites (tertiary alicyclic amines) is 1. The van der Waals surface area contributed by atoms with Crippen molar-refractivity contribution in [2.24, 2.45) is 5.92 Å². The lowest BCUT2D eigenvalue weighted by Crippen LogP contribution is -2.48. The maximum Gasteiger partial charge on any atom is 0.321 e. The Morgan fingerprint density at radius 1 is 0.907 bits per heavy atom. The maximum atomic E-state index is 13.4. The number of benzene rings is 3. The Balaban J connectivity index is 1.51. The summed E-state index contributed by atoms with van der Waals surface area (Å²) in [6.45, 7) is 8.43. The lowest BCUT2D eigenvalue weighted by atomic mass is 9.81. The van der Waals surface area contributed by atoms with Crippen LogP contribution in [0.5, 0.6) is 23.0 Å². The Morgan fingerprint density at radius 3 is 1.91 bits per heavy atom. The first-order valence-electron chi connectivity index (χ1n) is 14.8. The van der Waals surface area contributed by atoms with Crippen LogP contribution in [-0.4, -0.2) is 45.8 Å². The summed E-state index contributed by atoms with van der Waals surface area (Å²) in [7, 11) is 0. The van der Waals surface area contributed by atoms with E-state index in [4.69, 9.17) is 9.47 Å². The predicted molar refractivity (Wildman–Crippen MR) is 164 cm³/mol. The van der Waals surface area contributed by atoms with E-state index in [-0.39, 0.29) is 11.8 Å². The summed E-state index contributed by atoms with van der Waals surface area (Å²) in [5, 5.41) is 23.6. The van der Waals surface area contributed by atoms with E-state index in [0.29, 0.717) is 66.1 Å². The van der Waals surface area contributed by atoms with E-state index in [1.54, 1.807) is 61.2 Å². The largest absolute Gasteiger partial charge is 0.481 e. The van der Waals surface area contributed by atoms with E-state index in [2.05, 4.69) is 19.2 Å². The fraction of sp³-hybridized carbons (Fsp3) is 0.412. The lowest BCUT2D eigenvalue weighted by Gasteiger charge is -2.39. The zero-order valence-corrected chi connectivity index (χ0v) is 25.2. The molecule has 1 heterocycles. The van der Waals surface area contributed by atoms with Crippen molar-refractivity contribution in [1.82, 2.24) is 4.90 Å². The Hall–Kier alpha value is -4.11. The van der Waals surface area contributed by atoms with Crippen molar-refractivity contribution in [2.75, 3.05) is 18.4 Å². The molecule has 3 aromatic carbocycles. The minimum Gasteiger partial charge on any atom is -0.481 e. The first-order chi connectivity index (χ1) is 20.4. The van der Waals surface area contributed by atoms with Crippen LogP contribution in [0.1, 0.15) is 65.4 Å². The van der Waals surface area contributed by atoms with Crippen molar-refractivity contribution in [2.45, 2.75) is 70.8 Å². The molecule has 1 aliphatic rings. The third-order valence-electron chi connectivity index (χ3n) is 8.33. The molecule has 1 saturated heterocycles. The fourth-order valence-corrected chi connectivity index (χ4v) is 5.25. The molecule has 8 nitrogen and oxygen atoms in total. The Bertz CT molecular complexity index is 1400. The molecule has 3 aromatic rings. The summed E-state index contributed by atoms with van der Waals surface area (Å²) in [4.78, 5) is 26.6. The maximum absolute atomic E-state index is 13.4. The van der Waals surface area contributed by atoms with E-state index in [1.807, 2.05) is 0 Å². The van der Waals surface area contributed by atoms with Crippen molar-refractivity contribution in [3.05, 3.63) is 78.1 Å². The van der Waals surface area contributed by atoms with Crippen LogP contribution >= 0.6 is 0 Å². The number of ether oxygens (including phenoxy) is 2. The number of amides is 2. The van der Waals surface area contributed by atoms with Crippen LogP contribution in [-0.2, 0) is 10.2 Å². The molecular weight excluding hydrogens is 551 g/mol. The van der Waals surface area contributed by atoms with Gasteiger partial charge in [0.15, 0.2) is 0 Å². The van der Waals surface area contributed by atoms with E-state index < -0.39 is 17.0 Å². The van der Waals surface area contributed by atoms with Crippen molar-refractivity contribution >= 4 is 17.7 Å². The molecule has 230 valence electrons. The highest BCUT2D eigenvalue weighted by Gasteiger charge is 2.35. The third kappa shape index (κ3) is 8.26. The zero-order valence-electron chi connectivity index (χ0n) is 25.2. The van der Waals surface area contributed by atoms with Gasteiger partial charge in [0.1, 0.15) is 28.8 Å². The lowest BCUT2D eigenvalue weighted by molar-refractivity contribution is -0.142. The van der Waals surface area contributed by atoms with Gasteiger partial charge in [0.25, 0.3) is 0 Å². The summed E-state index contributed by atoms with van der Waals surface area (Å²) >= 11 is 0. The Labute approximate surface area is 252 Å². The second kappa shape index (κ2) is 13.5. The number of aliphatic hydroxyl groups is 1. The third-order valence-corrected chi connectivity index (χ3v) is 8.33. The molecular formula is C34H41FN2O6. The quantitative estimate of drug-likeness (QED) is 0.208. The molecule has 4 rings (SSSR count). The van der Waals surface area contributed by atoms with Crippen molar-refractivity contribution in [1.29, 1.82) is 0 Å². The number of carbonyl (C=O) groups excluding carboxylic acids is 1. The average Bonchev–Trinajstić information content (AvgIpc) is 2.97. The number of piperidine rings is 1. The number of hydrogen-bond donors (Lipinski definition) is 3. The van der Waals surface area contributed by atoms with Crippen molar-refractivity contribution in [3.63, 3.8) is 0 Å². The molecule has 0 saturated carbocycles. The SMILES string of the molecule is CCC(CC)CC1(O)CCN(C(=O)Nc2cc(Oc3ccc(F)cc3)cc(Oc3ccc(C(C)(C)C(=O)O)cc3)c2)CC1. The second-order valence-corrected chi connectivity index (χ2v) is 11.8. The van der Waals surface area contributed by atoms with Gasteiger partial charge in [0.05, 0.1) is 11.0 Å². The molecule has 0 unspecified atom stereocenters. The standard InChI is InChI=1S/C34H41FN2O6/c1-5-23(6-2)22-34(41)15-17-37(18-16-34)32(40)36-26-19-29(21-30(20-26)43-28-13-9-25(35)10-14-28)42-27-11-7-24(8-12-27)33(3,4)31(38)39/h7-14,19-21,23,41H,5-6,15-18,22H2,1-4H3,(H,36,40)(H,38,39). The van der Waals surface area contributed by atoms with E-state index in [9.17, 15) is 24.2 Å². The number of urea groups is 1. The molecule has 0 atom stereocenters. The first kappa shape index (κ1) is 31.8. The number of aliphatic carboxylic acids is 1. The molecule has 43 heavy (non-hydrogen) atoms. The molecule has 1 fully saturated rings. The summed E-state index contributed by atoms with van der Waals surface area (Å²) in [6.07, 6.45) is 3.83. The molecule has 0 radical (unpaired) electrons. The summed E-state index contributed by atoms with van der Waals surface area (Å²) in [6, 6.07) is 17.0. The van der Waals surface area contributed by atoms with E-state index in [1.165, 1.54) is 24.3 Å². The number of carbonyl (C=O) groups is 2. The normalized spacial score (nSPS) is 14.8. The highest BCUT2D eigenvalue weighted by Crippen LogP contribution is 2.35. The summed E-state index contributed by atoms with van der Waals surface area (Å²) in [5.41, 5.74) is -0.758. The first-order valence-corrected chi connectivity index (χ1v) is 14.8. The van der Waals surface area contributed by atoms with Gasteiger partial charge in [-0.1, -0.05) is 38.8 Å². The van der Waals surface area contributed by atoms with Crippen LogP contribution in [0.3, 0.4) is 0 Å². The van der Waals surface area contributed by atoms with Gasteiger partial charge in [0, 0.05) is 37.0 Å². The molecule has 2 amide bonds. The number of carboxylic acid groups (broad SMARTS) is 1. The number of hydrogen-bond acceptors (Lipinski definition) is 5. The van der Waals surface area contributed by atoms with Gasteiger partial charge < -0.3 is 29.9 Å². The Kier molecular flexibility index (Phi) is 9.96. The van der Waals surface area contributed by atoms with E-state index >= 15 is 0 Å². The minimum absolute atomic E-state index is 0.297. The van der Waals surface area contributed by atoms with Gasteiger partial charge in [-0.15, -0.1) is 0 Å². The number of rotatable bonds is 11. The number of nitrogens with zero attached hydrogens (tertiary/aromatic N) is 1. The van der Waals surface area contributed by atoms with Crippen LogP contribution in [0.25, 0.3) is 0 Å². The topological polar surface area (TPSA) is 108 Å². The average molecular weight is 593 g/mol. The van der Waals surface area contributed by atoms with Gasteiger partial charge in [-0.25, -0.2) is 9.18 Å². The number of nitrogens with one attached hydrogen (secondary N) is 1. The molecule has 3 N–H and O–H groups in total. The second-order valence-electron chi connectivity index (χ2n) is 11.8. The van der Waals surface area contributed by atoms with E-state index in [0.717, 1.165) is 19.3 Å². The molecule has 9 heteroatoms. The van der Waals surface area contributed by atoms with Crippen molar-refractivity contribution in [3.8, 4) is 23.0 Å². The molecule has 1 aliphatic heterocycles. The predicted octanol–water partition coefficient (Wildman–Crippen LogP) is 7.96. The summed E-state index contributed by atoms with van der Waals surface area (Å²) < 4.78 is 25.4. The Morgan fingerprint density at radius 2 is 1.42 bits per heavy atom. The molecule has 0 bridgehead atoms. The molecule has 0 spiro atoms. The van der Waals surface area contributed by atoms with Crippen LogP contribution in [0.15, 0.2) is 66.7 Å². The monoisotopic (exact) mass is 592 g/mol. The van der Waals surface area contributed by atoms with Crippen LogP contribution < -0.4 is 14.8 Å². The molecule has 0 aromatic heterocycles. The molecule has 0 aliphatic carbocycles. The van der Waals surface area contributed by atoms with Gasteiger partial charge in [0.2, 0.25) is 0 Å². The van der Waals surface area contributed by atoms with Crippen molar-refractivity contribution < 1.29 is 33.7 Å². The fourth-order valence-electron chi connectivity index (χ4n) is 5.25. The van der Waals surface area contributed by atoms with Crippen LogP contribution in [0.2, 0.25) is 0 Å². The van der Waals surface area contributed by atoms with Crippen LogP contribution in [0, 0.1) is 11.7 Å². The number of anilines is 1. The highest BCUT2D eigenvalue weighted by atomic mass is 19.1. The number of halogens is 1. The zero-order chi connectivity index (χ0) is 31.2. The van der Waals surface area contributed by atoms with Gasteiger partial charge in [-0.05, 0) is 81.0 Å². The summed E-state index contributed by atoms with van der Waals surface area (Å²) in [5.74, 6) is 0.752. The van der Waals surface area contributed by atoms with Gasteiger partial charge in [-0.3, -0.25) is 4.79 Å². The number of carboxylic acids is 1. The smallest absolute Gasteiger partial charge is 0.321 e. The van der Waals surface area contributed by atoms with Crippen LogP contribution in [0.4, 0.5) is 14.9 Å². The minimum atomic E-state index is -1.06. The van der Waals surface area contributed by atoms with Gasteiger partial charge >= 0.3 is 12.0 Å². The van der Waals surface area contributed by atoms with Gasteiger partial charge in [-0.2, -0.15) is 0 Å². The highest BCUT2D eigenvalue weighted by molar-refractivity contribution is 5.90.